The number of hydrogen-bond acceptors (Lipinski definition) is 5. The summed E-state index contributed by atoms with van der Waals surface area (Å²) in [6.07, 6.45) is 13.7. The smallest absolute Gasteiger partial charge is 0.253 e. The van der Waals surface area contributed by atoms with Gasteiger partial charge in [0.05, 0.1) is 11.6 Å². The molecule has 3 heterocycles. The molecule has 1 aliphatic heterocycles. The molecular formula is C28H38N6O. The third kappa shape index (κ3) is 4.22. The molecular weight excluding hydrogens is 436 g/mol. The number of tetrazole rings is 1. The highest BCUT2D eigenvalue weighted by atomic mass is 16.1. The van der Waals surface area contributed by atoms with Crippen LogP contribution in [0, 0.1) is 19.3 Å². The standard InChI is InChI=1S/C28H38N6O/c1-19-15-20(2)24-21(16-19)17-23(27(35)29-24)25(26-30-31-32-34(26)22-9-4-5-10-22)33-14-8-13-28(18-33)11-6-3-7-12-28/h15-17,22,25H,3-14,18H2,1-2H3,(H,29,35)/t25-/m0/s1. The first-order chi connectivity index (χ1) is 17.0. The number of likely N-dealkylation sites (tertiary alicyclic amines) is 1. The first-order valence-electron chi connectivity index (χ1n) is 13.7. The lowest BCUT2D eigenvalue weighted by atomic mass is 9.69. The molecule has 186 valence electrons. The Bertz CT molecular complexity index is 1260. The summed E-state index contributed by atoms with van der Waals surface area (Å²) in [6.45, 7) is 6.20. The zero-order valence-corrected chi connectivity index (χ0v) is 21.2. The van der Waals surface area contributed by atoms with E-state index in [1.807, 2.05) is 0 Å². The van der Waals surface area contributed by atoms with E-state index in [2.05, 4.69) is 62.1 Å². The summed E-state index contributed by atoms with van der Waals surface area (Å²) >= 11 is 0. The van der Waals surface area contributed by atoms with E-state index < -0.39 is 0 Å². The molecule has 6 rings (SSSR count). The molecule has 0 amide bonds. The van der Waals surface area contributed by atoms with Crippen molar-refractivity contribution in [1.29, 1.82) is 0 Å². The average molecular weight is 475 g/mol. The molecule has 7 nitrogen and oxygen atoms in total. The zero-order chi connectivity index (χ0) is 24.0. The fraction of sp³-hybridized carbons (Fsp3) is 0.643. The lowest BCUT2D eigenvalue weighted by molar-refractivity contribution is 0.0335. The van der Waals surface area contributed by atoms with Gasteiger partial charge in [-0.1, -0.05) is 43.7 Å². The summed E-state index contributed by atoms with van der Waals surface area (Å²) in [5, 5.41) is 14.3. The minimum absolute atomic E-state index is 0.0151. The number of aromatic amines is 1. The number of aryl methyl sites for hydroxylation is 2. The molecule has 35 heavy (non-hydrogen) atoms. The Morgan fingerprint density at radius 1 is 1.00 bits per heavy atom. The minimum atomic E-state index is -0.223. The SMILES string of the molecule is Cc1cc(C)c2[nH]c(=O)c([C@@H](c3nnnn3C3CCCC3)N3CCCC4(CCCCC4)C3)cc2c1. The summed E-state index contributed by atoms with van der Waals surface area (Å²) in [5.74, 6) is 0.846. The van der Waals surface area contributed by atoms with Crippen molar-refractivity contribution >= 4 is 10.9 Å². The van der Waals surface area contributed by atoms with Gasteiger partial charge in [0.15, 0.2) is 5.82 Å². The maximum Gasteiger partial charge on any atom is 0.253 e. The number of nitrogens with zero attached hydrogens (tertiary/aromatic N) is 5. The van der Waals surface area contributed by atoms with Gasteiger partial charge in [-0.05, 0) is 97.8 Å². The second-order valence-corrected chi connectivity index (χ2v) is 11.6. The Morgan fingerprint density at radius 3 is 2.57 bits per heavy atom. The van der Waals surface area contributed by atoms with E-state index in [0.29, 0.717) is 11.5 Å². The van der Waals surface area contributed by atoms with E-state index in [4.69, 9.17) is 0 Å². The molecule has 1 saturated heterocycles. The van der Waals surface area contributed by atoms with Crippen molar-refractivity contribution in [2.75, 3.05) is 13.1 Å². The highest BCUT2D eigenvalue weighted by molar-refractivity contribution is 5.83. The summed E-state index contributed by atoms with van der Waals surface area (Å²) < 4.78 is 2.06. The Balaban J connectivity index is 1.49. The molecule has 2 aromatic heterocycles. The quantitative estimate of drug-likeness (QED) is 0.549. The lowest BCUT2D eigenvalue weighted by Crippen LogP contribution is -2.47. The largest absolute Gasteiger partial charge is 0.321 e. The number of nitrogens with one attached hydrogen (secondary N) is 1. The van der Waals surface area contributed by atoms with Gasteiger partial charge in [-0.25, -0.2) is 4.68 Å². The van der Waals surface area contributed by atoms with Crippen LogP contribution in [-0.2, 0) is 0 Å². The number of pyridine rings is 1. The molecule has 0 unspecified atom stereocenters. The fourth-order valence-corrected chi connectivity index (χ4v) is 7.37. The van der Waals surface area contributed by atoms with Gasteiger partial charge in [-0.15, -0.1) is 5.10 Å². The molecule has 3 aliphatic rings. The highest BCUT2D eigenvalue weighted by Gasteiger charge is 2.41. The number of fused-ring (bicyclic) bond motifs is 1. The molecule has 1 atom stereocenters. The summed E-state index contributed by atoms with van der Waals surface area (Å²) in [6, 6.07) is 6.54. The molecule has 1 N–H and O–H groups in total. The van der Waals surface area contributed by atoms with Gasteiger partial charge in [0.1, 0.15) is 6.04 Å². The van der Waals surface area contributed by atoms with E-state index in [-0.39, 0.29) is 11.6 Å². The Morgan fingerprint density at radius 2 is 1.77 bits per heavy atom. The number of rotatable bonds is 4. The van der Waals surface area contributed by atoms with Crippen LogP contribution in [0.5, 0.6) is 0 Å². The van der Waals surface area contributed by atoms with Crippen LogP contribution in [0.2, 0.25) is 0 Å². The van der Waals surface area contributed by atoms with E-state index >= 15 is 0 Å². The van der Waals surface area contributed by atoms with Crippen molar-refractivity contribution in [3.05, 3.63) is 51.1 Å². The topological polar surface area (TPSA) is 79.7 Å². The minimum Gasteiger partial charge on any atom is -0.321 e. The van der Waals surface area contributed by atoms with Gasteiger partial charge in [-0.3, -0.25) is 9.69 Å². The van der Waals surface area contributed by atoms with E-state index in [1.165, 1.54) is 63.4 Å². The van der Waals surface area contributed by atoms with E-state index in [0.717, 1.165) is 53.8 Å². The Hall–Kier alpha value is -2.54. The van der Waals surface area contributed by atoms with Crippen LogP contribution in [-0.4, -0.2) is 43.2 Å². The molecule has 3 aromatic rings. The summed E-state index contributed by atoms with van der Waals surface area (Å²) in [4.78, 5) is 19.5. The van der Waals surface area contributed by atoms with Crippen molar-refractivity contribution in [2.24, 2.45) is 5.41 Å². The van der Waals surface area contributed by atoms with Crippen LogP contribution < -0.4 is 5.56 Å². The number of H-pyrrole nitrogens is 1. The van der Waals surface area contributed by atoms with Crippen LogP contribution in [0.1, 0.15) is 105 Å². The first kappa shape index (κ1) is 22.9. The van der Waals surface area contributed by atoms with Crippen molar-refractivity contribution in [2.45, 2.75) is 96.6 Å². The molecule has 2 aliphatic carbocycles. The van der Waals surface area contributed by atoms with Crippen molar-refractivity contribution in [1.82, 2.24) is 30.1 Å². The maximum atomic E-state index is 13.7. The van der Waals surface area contributed by atoms with Crippen molar-refractivity contribution in [3.8, 4) is 0 Å². The Labute approximate surface area is 207 Å². The van der Waals surface area contributed by atoms with Crippen LogP contribution in [0.4, 0.5) is 0 Å². The third-order valence-electron chi connectivity index (χ3n) is 9.02. The van der Waals surface area contributed by atoms with Gasteiger partial charge in [0, 0.05) is 12.1 Å². The highest BCUT2D eigenvalue weighted by Crippen LogP contribution is 2.46. The zero-order valence-electron chi connectivity index (χ0n) is 21.2. The van der Waals surface area contributed by atoms with Crippen LogP contribution in [0.15, 0.2) is 23.0 Å². The van der Waals surface area contributed by atoms with Crippen LogP contribution in [0.3, 0.4) is 0 Å². The van der Waals surface area contributed by atoms with Crippen LogP contribution >= 0.6 is 0 Å². The van der Waals surface area contributed by atoms with Gasteiger partial charge < -0.3 is 4.98 Å². The molecule has 1 spiro atoms. The van der Waals surface area contributed by atoms with E-state index in [1.54, 1.807) is 0 Å². The lowest BCUT2D eigenvalue weighted by Gasteiger charge is -2.47. The average Bonchev–Trinajstić information content (AvgIpc) is 3.53. The predicted molar refractivity (Wildman–Crippen MR) is 138 cm³/mol. The van der Waals surface area contributed by atoms with Crippen molar-refractivity contribution in [3.63, 3.8) is 0 Å². The molecule has 3 fully saturated rings. The normalized spacial score (nSPS) is 22.2. The molecule has 7 heteroatoms. The van der Waals surface area contributed by atoms with Gasteiger partial charge >= 0.3 is 0 Å². The van der Waals surface area contributed by atoms with Crippen molar-refractivity contribution < 1.29 is 0 Å². The second kappa shape index (κ2) is 9.16. The van der Waals surface area contributed by atoms with Crippen LogP contribution in [0.25, 0.3) is 10.9 Å². The predicted octanol–water partition coefficient (Wildman–Crippen LogP) is 5.38. The molecule has 1 aromatic carbocycles. The number of hydrogen-bond donors (Lipinski definition) is 1. The fourth-order valence-electron chi connectivity index (χ4n) is 7.37. The molecule has 0 radical (unpaired) electrons. The third-order valence-corrected chi connectivity index (χ3v) is 9.02. The van der Waals surface area contributed by atoms with Gasteiger partial charge in [0.2, 0.25) is 0 Å². The monoisotopic (exact) mass is 474 g/mol. The number of benzene rings is 1. The number of aromatic nitrogens is 5. The Kier molecular flexibility index (Phi) is 5.99. The second-order valence-electron chi connectivity index (χ2n) is 11.6. The van der Waals surface area contributed by atoms with Gasteiger partial charge in [0.25, 0.3) is 5.56 Å². The van der Waals surface area contributed by atoms with E-state index in [9.17, 15) is 4.79 Å². The first-order valence-corrected chi connectivity index (χ1v) is 13.7. The van der Waals surface area contributed by atoms with Gasteiger partial charge in [-0.2, -0.15) is 0 Å². The molecule has 0 bridgehead atoms. The summed E-state index contributed by atoms with van der Waals surface area (Å²) in [7, 11) is 0. The maximum absolute atomic E-state index is 13.7. The summed E-state index contributed by atoms with van der Waals surface area (Å²) in [5.41, 5.74) is 4.38. The number of piperidine rings is 1. The molecule has 2 saturated carbocycles.